The number of rotatable bonds is 6. The van der Waals surface area contributed by atoms with Crippen LogP contribution in [0.25, 0.3) is 0 Å². The molecule has 0 aliphatic rings. The second-order valence-corrected chi connectivity index (χ2v) is 5.48. The van der Waals surface area contributed by atoms with E-state index in [1.54, 1.807) is 30.3 Å². The van der Waals surface area contributed by atoms with Crippen LogP contribution in [-0.2, 0) is 9.53 Å². The molecule has 124 valence electrons. The Morgan fingerprint density at radius 2 is 1.88 bits per heavy atom. The van der Waals surface area contributed by atoms with Gasteiger partial charge in [-0.2, -0.15) is 5.10 Å². The molecule has 1 amide bonds. The van der Waals surface area contributed by atoms with Gasteiger partial charge >= 0.3 is 5.97 Å². The molecule has 2 aromatic rings. The van der Waals surface area contributed by atoms with Crippen LogP contribution in [0.4, 0.5) is 0 Å². The van der Waals surface area contributed by atoms with E-state index in [-0.39, 0.29) is 12.5 Å². The van der Waals surface area contributed by atoms with Crippen molar-refractivity contribution in [2.45, 2.75) is 0 Å². The number of nitrogens with one attached hydrogen (secondary N) is 1. The molecule has 0 heterocycles. The van der Waals surface area contributed by atoms with E-state index in [9.17, 15) is 9.59 Å². The van der Waals surface area contributed by atoms with Gasteiger partial charge in [0.1, 0.15) is 5.75 Å². The molecule has 0 atom stereocenters. The van der Waals surface area contributed by atoms with Crippen LogP contribution in [0, 0.1) is 0 Å². The predicted molar refractivity (Wildman–Crippen MR) is 93.2 cm³/mol. The zero-order chi connectivity index (χ0) is 17.4. The van der Waals surface area contributed by atoms with Gasteiger partial charge in [0.2, 0.25) is 0 Å². The van der Waals surface area contributed by atoms with Crippen molar-refractivity contribution in [2.75, 3.05) is 13.7 Å². The van der Waals surface area contributed by atoms with Gasteiger partial charge in [0.15, 0.2) is 6.61 Å². The van der Waals surface area contributed by atoms with E-state index < -0.39 is 5.97 Å². The Kier molecular flexibility index (Phi) is 6.51. The van der Waals surface area contributed by atoms with Crippen molar-refractivity contribution in [3.05, 3.63) is 64.1 Å². The van der Waals surface area contributed by atoms with E-state index in [0.29, 0.717) is 11.3 Å². The van der Waals surface area contributed by atoms with Crippen LogP contribution in [0.2, 0.25) is 0 Å². The third kappa shape index (κ3) is 5.20. The van der Waals surface area contributed by atoms with Crippen molar-refractivity contribution >= 4 is 34.0 Å². The van der Waals surface area contributed by atoms with Crippen molar-refractivity contribution in [2.24, 2.45) is 5.10 Å². The Morgan fingerprint density at radius 3 is 2.54 bits per heavy atom. The quantitative estimate of drug-likeness (QED) is 0.467. The zero-order valence-electron chi connectivity index (χ0n) is 12.9. The van der Waals surface area contributed by atoms with Crippen molar-refractivity contribution < 1.29 is 19.1 Å². The van der Waals surface area contributed by atoms with Gasteiger partial charge in [-0.25, -0.2) is 10.2 Å². The summed E-state index contributed by atoms with van der Waals surface area (Å²) in [5.41, 5.74) is 3.54. The summed E-state index contributed by atoms with van der Waals surface area (Å²) in [5.74, 6) is -0.209. The van der Waals surface area contributed by atoms with E-state index >= 15 is 0 Å². The Balaban J connectivity index is 1.82. The van der Waals surface area contributed by atoms with Crippen LogP contribution in [0.15, 0.2) is 58.1 Å². The lowest BCUT2D eigenvalue weighted by Gasteiger charge is -2.06. The summed E-state index contributed by atoms with van der Waals surface area (Å²) in [5, 5.41) is 3.84. The molecule has 0 aromatic heterocycles. The molecule has 6 nitrogen and oxygen atoms in total. The van der Waals surface area contributed by atoms with Crippen LogP contribution in [0.1, 0.15) is 15.9 Å². The average molecular weight is 391 g/mol. The van der Waals surface area contributed by atoms with Gasteiger partial charge in [-0.15, -0.1) is 0 Å². The maximum absolute atomic E-state index is 11.7. The number of para-hydroxylation sites is 1. The van der Waals surface area contributed by atoms with E-state index in [2.05, 4.69) is 31.2 Å². The summed E-state index contributed by atoms with van der Waals surface area (Å²) in [4.78, 5) is 23.0. The molecular weight excluding hydrogens is 376 g/mol. The summed E-state index contributed by atoms with van der Waals surface area (Å²) in [6, 6.07) is 13.9. The highest BCUT2D eigenvalue weighted by Gasteiger charge is 2.05. The van der Waals surface area contributed by atoms with Gasteiger partial charge in [-0.05, 0) is 45.8 Å². The molecule has 0 saturated heterocycles. The number of amides is 1. The van der Waals surface area contributed by atoms with Crippen molar-refractivity contribution in [3.63, 3.8) is 0 Å². The third-order valence-electron chi connectivity index (χ3n) is 2.93. The Hall–Kier alpha value is -2.67. The fourth-order valence-electron chi connectivity index (χ4n) is 1.74. The zero-order valence-corrected chi connectivity index (χ0v) is 14.4. The molecule has 0 radical (unpaired) electrons. The van der Waals surface area contributed by atoms with Gasteiger partial charge in [-0.1, -0.05) is 24.3 Å². The largest absolute Gasteiger partial charge is 0.483 e. The lowest BCUT2D eigenvalue weighted by atomic mass is 10.1. The predicted octanol–water partition coefficient (Wildman–Crippen LogP) is 2.76. The molecule has 0 aliphatic heterocycles. The summed E-state index contributed by atoms with van der Waals surface area (Å²) in [6.45, 7) is -0.152. The number of carbonyl (C=O) groups is 2. The first-order valence-corrected chi connectivity index (χ1v) is 7.77. The number of nitrogens with zero attached hydrogens (tertiary/aromatic N) is 1. The van der Waals surface area contributed by atoms with E-state index in [4.69, 9.17) is 4.74 Å². The highest BCUT2D eigenvalue weighted by molar-refractivity contribution is 9.10. The fraction of sp³-hybridized carbons (Fsp3) is 0.118. The van der Waals surface area contributed by atoms with Crippen molar-refractivity contribution in [3.8, 4) is 5.75 Å². The Bertz CT molecular complexity index is 745. The molecule has 0 fully saturated rings. The molecule has 0 saturated carbocycles. The monoisotopic (exact) mass is 390 g/mol. The highest BCUT2D eigenvalue weighted by atomic mass is 79.9. The summed E-state index contributed by atoms with van der Waals surface area (Å²) in [6.07, 6.45) is 1.47. The van der Waals surface area contributed by atoms with Gasteiger partial charge in [-0.3, -0.25) is 4.79 Å². The fourth-order valence-corrected chi connectivity index (χ4v) is 2.14. The van der Waals surface area contributed by atoms with Crippen molar-refractivity contribution in [1.29, 1.82) is 0 Å². The summed E-state index contributed by atoms with van der Waals surface area (Å²) in [7, 11) is 1.32. The van der Waals surface area contributed by atoms with Crippen LogP contribution in [0.3, 0.4) is 0 Å². The first-order chi connectivity index (χ1) is 11.6. The average Bonchev–Trinajstić information content (AvgIpc) is 2.61. The van der Waals surface area contributed by atoms with Gasteiger partial charge in [0.25, 0.3) is 5.91 Å². The normalized spacial score (nSPS) is 10.4. The second kappa shape index (κ2) is 8.83. The number of carbonyl (C=O) groups excluding carboxylic acids is 2. The molecule has 0 aliphatic carbocycles. The number of hydrogen-bond acceptors (Lipinski definition) is 5. The second-order valence-electron chi connectivity index (χ2n) is 4.63. The maximum Gasteiger partial charge on any atom is 0.337 e. The first kappa shape index (κ1) is 17.7. The maximum atomic E-state index is 11.7. The summed E-state index contributed by atoms with van der Waals surface area (Å²) < 4.78 is 10.8. The van der Waals surface area contributed by atoms with E-state index in [0.717, 1.165) is 10.0 Å². The van der Waals surface area contributed by atoms with Crippen molar-refractivity contribution in [1.82, 2.24) is 5.43 Å². The summed E-state index contributed by atoms with van der Waals surface area (Å²) >= 11 is 3.33. The number of halogens is 1. The SMILES string of the molecule is COC(=O)c1ccc(/C=N/NC(=O)COc2ccccc2Br)cc1. The number of methoxy groups -OCH3 is 1. The molecule has 0 bridgehead atoms. The lowest BCUT2D eigenvalue weighted by molar-refractivity contribution is -0.123. The first-order valence-electron chi connectivity index (χ1n) is 6.98. The Labute approximate surface area is 147 Å². The van der Waals surface area contributed by atoms with Gasteiger partial charge < -0.3 is 9.47 Å². The molecule has 0 unspecified atom stereocenters. The minimum absolute atomic E-state index is 0.152. The van der Waals surface area contributed by atoms with E-state index in [1.165, 1.54) is 13.3 Å². The van der Waals surface area contributed by atoms with Crippen LogP contribution >= 0.6 is 15.9 Å². The Morgan fingerprint density at radius 1 is 1.17 bits per heavy atom. The molecule has 24 heavy (non-hydrogen) atoms. The lowest BCUT2D eigenvalue weighted by Crippen LogP contribution is -2.24. The molecular formula is C17H15BrN2O4. The minimum Gasteiger partial charge on any atom is -0.483 e. The topological polar surface area (TPSA) is 77.0 Å². The standard InChI is InChI=1S/C17H15BrN2O4/c1-23-17(22)13-8-6-12(7-9-13)10-19-20-16(21)11-24-15-5-3-2-4-14(15)18/h2-10H,11H2,1H3,(H,20,21)/b19-10+. The number of esters is 1. The minimum atomic E-state index is -0.406. The molecule has 0 spiro atoms. The van der Waals surface area contributed by atoms with Crippen LogP contribution in [0.5, 0.6) is 5.75 Å². The number of hydrogen-bond donors (Lipinski definition) is 1. The molecule has 2 rings (SSSR count). The smallest absolute Gasteiger partial charge is 0.337 e. The van der Waals surface area contributed by atoms with Gasteiger partial charge in [0, 0.05) is 0 Å². The molecule has 1 N–H and O–H groups in total. The number of ether oxygens (including phenoxy) is 2. The number of benzene rings is 2. The van der Waals surface area contributed by atoms with E-state index in [1.807, 2.05) is 18.2 Å². The van der Waals surface area contributed by atoms with Crippen LogP contribution in [-0.4, -0.2) is 31.8 Å². The van der Waals surface area contributed by atoms with Crippen LogP contribution < -0.4 is 10.2 Å². The molecule has 2 aromatic carbocycles. The highest BCUT2D eigenvalue weighted by Crippen LogP contribution is 2.23. The third-order valence-corrected chi connectivity index (χ3v) is 3.59. The molecule has 7 heteroatoms. The van der Waals surface area contributed by atoms with Gasteiger partial charge in [0.05, 0.1) is 23.4 Å². The number of hydrazone groups is 1.